The molecule has 0 bridgehead atoms. The van der Waals surface area contributed by atoms with Gasteiger partial charge in [0, 0.05) is 29.9 Å². The van der Waals surface area contributed by atoms with Gasteiger partial charge < -0.3 is 24.7 Å². The Labute approximate surface area is 187 Å². The van der Waals surface area contributed by atoms with E-state index in [1.807, 2.05) is 54.3 Å². The molecule has 0 radical (unpaired) electrons. The van der Waals surface area contributed by atoms with Crippen LogP contribution in [0.25, 0.3) is 10.9 Å². The normalized spacial score (nSPS) is 15.7. The minimum atomic E-state index is -0.0964. The third-order valence-electron chi connectivity index (χ3n) is 5.51. The van der Waals surface area contributed by atoms with Gasteiger partial charge in [0.25, 0.3) is 5.56 Å². The highest BCUT2D eigenvalue weighted by molar-refractivity contribution is 7.80. The Morgan fingerprint density at radius 1 is 1.26 bits per heavy atom. The monoisotopic (exact) mass is 437 g/mol. The first-order valence-corrected chi connectivity index (χ1v) is 10.9. The first-order chi connectivity index (χ1) is 15.0. The summed E-state index contributed by atoms with van der Waals surface area (Å²) in [5.74, 6) is 0.783. The molecule has 1 aliphatic heterocycles. The fourth-order valence-corrected chi connectivity index (χ4v) is 4.08. The quantitative estimate of drug-likeness (QED) is 0.563. The van der Waals surface area contributed by atoms with E-state index in [-0.39, 0.29) is 11.7 Å². The van der Waals surface area contributed by atoms with E-state index < -0.39 is 0 Å². The highest BCUT2D eigenvalue weighted by Crippen LogP contribution is 2.19. The molecule has 1 fully saturated rings. The molecule has 1 aromatic heterocycles. The molecular formula is C24H27N3O3S. The van der Waals surface area contributed by atoms with Gasteiger partial charge in [0.15, 0.2) is 5.11 Å². The lowest BCUT2D eigenvalue weighted by Gasteiger charge is -2.28. The first-order valence-electron chi connectivity index (χ1n) is 10.5. The maximum atomic E-state index is 12.8. The smallest absolute Gasteiger partial charge is 0.253 e. The molecule has 1 saturated heterocycles. The summed E-state index contributed by atoms with van der Waals surface area (Å²) in [6, 6.07) is 15.6. The van der Waals surface area contributed by atoms with E-state index >= 15 is 0 Å². The van der Waals surface area contributed by atoms with Crippen molar-refractivity contribution in [3.8, 4) is 5.75 Å². The molecular weight excluding hydrogens is 410 g/mol. The van der Waals surface area contributed by atoms with Gasteiger partial charge in [0.05, 0.1) is 19.8 Å². The number of hydrogen-bond donors (Lipinski definition) is 2. The number of aromatic nitrogens is 1. The zero-order valence-corrected chi connectivity index (χ0v) is 18.6. The second kappa shape index (κ2) is 9.49. The summed E-state index contributed by atoms with van der Waals surface area (Å²) in [6.45, 7) is 3.85. The lowest BCUT2D eigenvalue weighted by Crippen LogP contribution is -2.40. The van der Waals surface area contributed by atoms with Crippen LogP contribution >= 0.6 is 12.2 Å². The number of methoxy groups -OCH3 is 1. The van der Waals surface area contributed by atoms with Crippen molar-refractivity contribution in [2.45, 2.75) is 32.4 Å². The van der Waals surface area contributed by atoms with Gasteiger partial charge in [-0.05, 0) is 79.8 Å². The van der Waals surface area contributed by atoms with Crippen molar-refractivity contribution >= 4 is 33.9 Å². The summed E-state index contributed by atoms with van der Waals surface area (Å²) in [6.07, 6.45) is 2.15. The van der Waals surface area contributed by atoms with Gasteiger partial charge in [0.2, 0.25) is 0 Å². The minimum absolute atomic E-state index is 0.0964. The Balaban J connectivity index is 1.58. The van der Waals surface area contributed by atoms with Crippen LogP contribution in [0.1, 0.15) is 24.0 Å². The van der Waals surface area contributed by atoms with Gasteiger partial charge in [-0.15, -0.1) is 0 Å². The topological polar surface area (TPSA) is 66.6 Å². The predicted molar refractivity (Wildman–Crippen MR) is 128 cm³/mol. The van der Waals surface area contributed by atoms with E-state index in [4.69, 9.17) is 21.7 Å². The van der Waals surface area contributed by atoms with Crippen molar-refractivity contribution in [1.82, 2.24) is 9.88 Å². The Hall–Kier alpha value is -2.90. The third kappa shape index (κ3) is 5.24. The molecule has 0 amide bonds. The summed E-state index contributed by atoms with van der Waals surface area (Å²) < 4.78 is 11.1. The molecule has 4 rings (SSSR count). The van der Waals surface area contributed by atoms with Crippen LogP contribution in [0.2, 0.25) is 0 Å². The van der Waals surface area contributed by atoms with Gasteiger partial charge in [0.1, 0.15) is 5.75 Å². The molecule has 0 unspecified atom stereocenters. The molecule has 2 N–H and O–H groups in total. The molecule has 1 aliphatic rings. The summed E-state index contributed by atoms with van der Waals surface area (Å²) in [5, 5.41) is 4.86. The van der Waals surface area contributed by atoms with Gasteiger partial charge in [-0.25, -0.2) is 0 Å². The van der Waals surface area contributed by atoms with E-state index in [0.29, 0.717) is 23.8 Å². The average molecular weight is 438 g/mol. The third-order valence-corrected chi connectivity index (χ3v) is 5.87. The van der Waals surface area contributed by atoms with Crippen LogP contribution < -0.4 is 15.6 Å². The van der Waals surface area contributed by atoms with Crippen LogP contribution in [0.4, 0.5) is 5.69 Å². The number of fused-ring (bicyclic) bond motifs is 1. The number of aromatic amines is 1. The van der Waals surface area contributed by atoms with Crippen LogP contribution in [0.3, 0.4) is 0 Å². The van der Waals surface area contributed by atoms with Gasteiger partial charge >= 0.3 is 0 Å². The second-order valence-corrected chi connectivity index (χ2v) is 8.28. The van der Waals surface area contributed by atoms with Crippen molar-refractivity contribution in [2.75, 3.05) is 25.6 Å². The van der Waals surface area contributed by atoms with Crippen LogP contribution in [-0.4, -0.2) is 41.4 Å². The number of nitrogens with one attached hydrogen (secondary N) is 2. The summed E-state index contributed by atoms with van der Waals surface area (Å²) in [7, 11) is 1.64. The molecule has 31 heavy (non-hydrogen) atoms. The Morgan fingerprint density at radius 2 is 2.06 bits per heavy atom. The first kappa shape index (κ1) is 21.3. The van der Waals surface area contributed by atoms with Crippen molar-refractivity contribution in [3.63, 3.8) is 0 Å². The Kier molecular flexibility index (Phi) is 6.53. The molecule has 3 aromatic rings. The molecule has 7 heteroatoms. The van der Waals surface area contributed by atoms with Crippen molar-refractivity contribution < 1.29 is 9.47 Å². The fourth-order valence-electron chi connectivity index (χ4n) is 3.82. The average Bonchev–Trinajstić information content (AvgIpc) is 3.27. The molecule has 2 heterocycles. The van der Waals surface area contributed by atoms with E-state index in [2.05, 4.69) is 16.4 Å². The van der Waals surface area contributed by atoms with E-state index in [0.717, 1.165) is 47.4 Å². The van der Waals surface area contributed by atoms with Crippen LogP contribution in [0, 0.1) is 6.92 Å². The fraction of sp³-hybridized carbons (Fsp3) is 0.333. The number of rotatable bonds is 6. The number of ether oxygens (including phenoxy) is 2. The number of H-pyrrole nitrogens is 1. The second-order valence-electron chi connectivity index (χ2n) is 7.89. The number of hydrogen-bond acceptors (Lipinski definition) is 4. The number of pyridine rings is 1. The number of aryl methyl sites for hydroxylation is 1. The van der Waals surface area contributed by atoms with E-state index in [9.17, 15) is 4.79 Å². The molecule has 2 aromatic carbocycles. The highest BCUT2D eigenvalue weighted by Gasteiger charge is 2.22. The number of thiocarbonyl (C=S) groups is 1. The SMILES string of the molecule is COc1ccc(NC(=S)N(Cc2cc3cc(C)ccc3[nH]c2=O)C[C@H]2CCCO2)cc1. The molecule has 0 saturated carbocycles. The molecule has 0 spiro atoms. The zero-order valence-electron chi connectivity index (χ0n) is 17.8. The van der Waals surface area contributed by atoms with Crippen LogP contribution in [0.5, 0.6) is 5.75 Å². The highest BCUT2D eigenvalue weighted by atomic mass is 32.1. The predicted octanol–water partition coefficient (Wildman–Crippen LogP) is 4.22. The maximum Gasteiger partial charge on any atom is 0.253 e. The number of anilines is 1. The number of benzene rings is 2. The molecule has 1 atom stereocenters. The van der Waals surface area contributed by atoms with Crippen molar-refractivity contribution in [3.05, 3.63) is 70.0 Å². The Bertz CT molecular complexity index is 1120. The van der Waals surface area contributed by atoms with Crippen molar-refractivity contribution in [2.24, 2.45) is 0 Å². The standard InChI is InChI=1S/C24H27N3O3S/c1-16-5-10-22-17(12-16)13-18(23(28)26-22)14-27(15-21-4-3-11-30-21)24(31)25-19-6-8-20(29-2)9-7-19/h5-10,12-13,21H,3-4,11,14-15H2,1-2H3,(H,25,31)(H,26,28)/t21-/m1/s1. The lowest BCUT2D eigenvalue weighted by molar-refractivity contribution is 0.0904. The van der Waals surface area contributed by atoms with Crippen molar-refractivity contribution in [1.29, 1.82) is 0 Å². The van der Waals surface area contributed by atoms with Gasteiger partial charge in [-0.3, -0.25) is 4.79 Å². The molecule has 6 nitrogen and oxygen atoms in total. The summed E-state index contributed by atoms with van der Waals surface area (Å²) >= 11 is 5.73. The number of nitrogens with zero attached hydrogens (tertiary/aromatic N) is 1. The van der Waals surface area contributed by atoms with E-state index in [1.165, 1.54) is 0 Å². The van der Waals surface area contributed by atoms with Gasteiger partial charge in [-0.1, -0.05) is 11.6 Å². The van der Waals surface area contributed by atoms with Gasteiger partial charge in [-0.2, -0.15) is 0 Å². The Morgan fingerprint density at radius 3 is 2.77 bits per heavy atom. The maximum absolute atomic E-state index is 12.8. The zero-order chi connectivity index (χ0) is 21.8. The summed E-state index contributed by atoms with van der Waals surface area (Å²) in [5.41, 5.74) is 3.43. The summed E-state index contributed by atoms with van der Waals surface area (Å²) in [4.78, 5) is 17.8. The molecule has 162 valence electrons. The minimum Gasteiger partial charge on any atom is -0.497 e. The van der Waals surface area contributed by atoms with Crippen LogP contribution in [-0.2, 0) is 11.3 Å². The largest absolute Gasteiger partial charge is 0.497 e. The van der Waals surface area contributed by atoms with E-state index in [1.54, 1.807) is 7.11 Å². The van der Waals surface area contributed by atoms with Crippen LogP contribution in [0.15, 0.2) is 53.3 Å². The lowest BCUT2D eigenvalue weighted by atomic mass is 10.1. The molecule has 0 aliphatic carbocycles.